The predicted molar refractivity (Wildman–Crippen MR) is 105 cm³/mol. The number of halogens is 1. The summed E-state index contributed by atoms with van der Waals surface area (Å²) >= 11 is 7.51. The number of carbonyl (C=O) groups excluding carboxylic acids is 1. The molecule has 0 aliphatic carbocycles. The number of nitrogens with zero attached hydrogens (tertiary/aromatic N) is 1. The van der Waals surface area contributed by atoms with E-state index in [9.17, 15) is 9.59 Å². The van der Waals surface area contributed by atoms with Crippen LogP contribution in [0.2, 0.25) is 5.02 Å². The number of para-hydroxylation sites is 2. The van der Waals surface area contributed by atoms with Crippen LogP contribution in [0.1, 0.15) is 12.8 Å². The van der Waals surface area contributed by atoms with E-state index in [0.717, 1.165) is 16.2 Å². The first-order valence-electron chi connectivity index (χ1n) is 8.37. The number of rotatable bonds is 8. The first kappa shape index (κ1) is 18.6. The second kappa shape index (κ2) is 8.96. The Kier molecular flexibility index (Phi) is 6.41. The number of oxazole rings is 1. The number of amides is 1. The zero-order chi connectivity index (χ0) is 18.4. The van der Waals surface area contributed by atoms with Gasteiger partial charge >= 0.3 is 5.76 Å². The van der Waals surface area contributed by atoms with E-state index in [2.05, 4.69) is 5.32 Å². The number of hydrogen-bond acceptors (Lipinski definition) is 4. The molecule has 0 saturated carbocycles. The summed E-state index contributed by atoms with van der Waals surface area (Å²) in [6.07, 6.45) is 0.956. The highest BCUT2D eigenvalue weighted by Gasteiger charge is 2.09. The second-order valence-electron chi connectivity index (χ2n) is 5.74. The van der Waals surface area contributed by atoms with Gasteiger partial charge in [0.1, 0.15) is 0 Å². The first-order valence-corrected chi connectivity index (χ1v) is 9.73. The van der Waals surface area contributed by atoms with Crippen LogP contribution in [-0.4, -0.2) is 22.8 Å². The number of thioether (sulfide) groups is 1. The van der Waals surface area contributed by atoms with Crippen molar-refractivity contribution in [1.82, 2.24) is 9.88 Å². The SMILES string of the molecule is O=C(CCCn1c(=O)oc2ccccc21)NCCSc1ccc(Cl)cc1. The molecular weight excluding hydrogens is 372 g/mol. The molecule has 3 rings (SSSR count). The number of aromatic nitrogens is 1. The van der Waals surface area contributed by atoms with Gasteiger partial charge in [0.2, 0.25) is 5.91 Å². The van der Waals surface area contributed by atoms with Crippen molar-refractivity contribution >= 4 is 40.4 Å². The van der Waals surface area contributed by atoms with Gasteiger partial charge in [-0.05, 0) is 42.8 Å². The Balaban J connectivity index is 1.38. The molecule has 3 aromatic rings. The summed E-state index contributed by atoms with van der Waals surface area (Å²) in [5.41, 5.74) is 1.33. The van der Waals surface area contributed by atoms with Crippen molar-refractivity contribution in [2.75, 3.05) is 12.3 Å². The van der Waals surface area contributed by atoms with Crippen LogP contribution in [0.5, 0.6) is 0 Å². The van der Waals surface area contributed by atoms with Crippen LogP contribution >= 0.6 is 23.4 Å². The largest absolute Gasteiger partial charge is 0.419 e. The summed E-state index contributed by atoms with van der Waals surface area (Å²) < 4.78 is 6.75. The van der Waals surface area contributed by atoms with Gasteiger partial charge in [-0.3, -0.25) is 9.36 Å². The van der Waals surface area contributed by atoms with Crippen LogP contribution in [0.4, 0.5) is 0 Å². The standard InChI is InChI=1S/C19H19ClN2O3S/c20-14-7-9-15(10-8-14)26-13-11-21-18(23)6-3-12-22-16-4-1-2-5-17(16)25-19(22)24/h1-2,4-5,7-10H,3,6,11-13H2,(H,21,23). The third-order valence-electron chi connectivity index (χ3n) is 3.87. The van der Waals surface area contributed by atoms with Crippen LogP contribution in [0.3, 0.4) is 0 Å². The molecule has 0 aliphatic heterocycles. The molecule has 0 radical (unpaired) electrons. The fourth-order valence-corrected chi connectivity index (χ4v) is 3.50. The number of hydrogen-bond donors (Lipinski definition) is 1. The predicted octanol–water partition coefficient (Wildman–Crippen LogP) is 3.94. The molecule has 0 bridgehead atoms. The van der Waals surface area contributed by atoms with Crippen LogP contribution in [0, 0.1) is 0 Å². The molecule has 0 atom stereocenters. The fraction of sp³-hybridized carbons (Fsp3) is 0.263. The monoisotopic (exact) mass is 390 g/mol. The number of aryl methyl sites for hydroxylation is 1. The molecule has 7 heteroatoms. The van der Waals surface area contributed by atoms with E-state index in [1.165, 1.54) is 0 Å². The Hall–Kier alpha value is -2.18. The Bertz CT molecular complexity index is 934. The van der Waals surface area contributed by atoms with Crippen molar-refractivity contribution < 1.29 is 9.21 Å². The minimum atomic E-state index is -0.383. The molecule has 0 saturated heterocycles. The molecular formula is C19H19ClN2O3S. The van der Waals surface area contributed by atoms with E-state index >= 15 is 0 Å². The van der Waals surface area contributed by atoms with Gasteiger partial charge in [0.25, 0.3) is 0 Å². The van der Waals surface area contributed by atoms with E-state index in [1.54, 1.807) is 22.4 Å². The van der Waals surface area contributed by atoms with Gasteiger partial charge in [-0.2, -0.15) is 0 Å². The Morgan fingerprint density at radius 2 is 1.92 bits per heavy atom. The highest BCUT2D eigenvalue weighted by molar-refractivity contribution is 7.99. The van der Waals surface area contributed by atoms with Gasteiger partial charge in [0.05, 0.1) is 5.52 Å². The molecule has 1 aromatic heterocycles. The van der Waals surface area contributed by atoms with Crippen molar-refractivity contribution in [1.29, 1.82) is 0 Å². The van der Waals surface area contributed by atoms with E-state index in [-0.39, 0.29) is 11.7 Å². The molecule has 0 aliphatic rings. The number of nitrogens with one attached hydrogen (secondary N) is 1. The quantitative estimate of drug-likeness (QED) is 0.467. The van der Waals surface area contributed by atoms with E-state index in [4.69, 9.17) is 16.0 Å². The molecule has 0 fully saturated rings. The maximum Gasteiger partial charge on any atom is 0.419 e. The lowest BCUT2D eigenvalue weighted by Crippen LogP contribution is -2.26. The third-order valence-corrected chi connectivity index (χ3v) is 5.13. The van der Waals surface area contributed by atoms with Crippen molar-refractivity contribution in [2.45, 2.75) is 24.3 Å². The number of benzene rings is 2. The lowest BCUT2D eigenvalue weighted by Gasteiger charge is -2.06. The zero-order valence-corrected chi connectivity index (χ0v) is 15.7. The van der Waals surface area contributed by atoms with Crippen LogP contribution in [0.25, 0.3) is 11.1 Å². The van der Waals surface area contributed by atoms with Crippen molar-refractivity contribution in [2.24, 2.45) is 0 Å². The fourth-order valence-electron chi connectivity index (χ4n) is 2.60. The number of fused-ring (bicyclic) bond motifs is 1. The Morgan fingerprint density at radius 1 is 1.15 bits per heavy atom. The van der Waals surface area contributed by atoms with Crippen LogP contribution in [0.15, 0.2) is 62.6 Å². The average Bonchev–Trinajstić information content (AvgIpc) is 2.96. The number of carbonyl (C=O) groups is 1. The maximum absolute atomic E-state index is 11.9. The summed E-state index contributed by atoms with van der Waals surface area (Å²) in [5.74, 6) is 0.396. The molecule has 5 nitrogen and oxygen atoms in total. The molecule has 0 spiro atoms. The van der Waals surface area contributed by atoms with E-state index < -0.39 is 0 Å². The van der Waals surface area contributed by atoms with Gasteiger partial charge in [0.15, 0.2) is 5.58 Å². The Labute approximate surface area is 160 Å². The van der Waals surface area contributed by atoms with E-state index in [1.807, 2.05) is 42.5 Å². The lowest BCUT2D eigenvalue weighted by atomic mass is 10.2. The lowest BCUT2D eigenvalue weighted by molar-refractivity contribution is -0.121. The van der Waals surface area contributed by atoms with Crippen molar-refractivity contribution in [3.63, 3.8) is 0 Å². The van der Waals surface area contributed by atoms with Gasteiger partial charge in [-0.25, -0.2) is 4.79 Å². The molecule has 0 unspecified atom stereocenters. The second-order valence-corrected chi connectivity index (χ2v) is 7.35. The zero-order valence-electron chi connectivity index (χ0n) is 14.1. The maximum atomic E-state index is 11.9. The third kappa shape index (κ3) is 4.93. The van der Waals surface area contributed by atoms with Crippen molar-refractivity contribution in [3.05, 3.63) is 64.1 Å². The van der Waals surface area contributed by atoms with Gasteiger partial charge in [-0.1, -0.05) is 23.7 Å². The highest BCUT2D eigenvalue weighted by Crippen LogP contribution is 2.19. The first-order chi connectivity index (χ1) is 12.6. The van der Waals surface area contributed by atoms with Crippen LogP contribution in [-0.2, 0) is 11.3 Å². The summed E-state index contributed by atoms with van der Waals surface area (Å²) in [7, 11) is 0. The summed E-state index contributed by atoms with van der Waals surface area (Å²) in [4.78, 5) is 24.9. The summed E-state index contributed by atoms with van der Waals surface area (Å²) in [5, 5.41) is 3.61. The minimum absolute atomic E-state index is 0.0115. The van der Waals surface area contributed by atoms with E-state index in [0.29, 0.717) is 36.5 Å². The topological polar surface area (TPSA) is 64.2 Å². The Morgan fingerprint density at radius 3 is 2.73 bits per heavy atom. The molecule has 26 heavy (non-hydrogen) atoms. The normalized spacial score (nSPS) is 11.0. The smallest absolute Gasteiger partial charge is 0.408 e. The van der Waals surface area contributed by atoms with Crippen LogP contribution < -0.4 is 11.1 Å². The molecule has 1 heterocycles. The average molecular weight is 391 g/mol. The summed E-state index contributed by atoms with van der Waals surface area (Å²) in [6, 6.07) is 14.9. The summed E-state index contributed by atoms with van der Waals surface area (Å²) in [6.45, 7) is 1.06. The molecule has 2 aromatic carbocycles. The van der Waals surface area contributed by atoms with Crippen molar-refractivity contribution in [3.8, 4) is 0 Å². The molecule has 1 N–H and O–H groups in total. The highest BCUT2D eigenvalue weighted by atomic mass is 35.5. The molecule has 136 valence electrons. The minimum Gasteiger partial charge on any atom is -0.408 e. The van der Waals surface area contributed by atoms with Gasteiger partial charge in [0, 0.05) is 35.2 Å². The van der Waals surface area contributed by atoms with Gasteiger partial charge in [-0.15, -0.1) is 11.8 Å². The molecule has 1 amide bonds. The van der Waals surface area contributed by atoms with Gasteiger partial charge < -0.3 is 9.73 Å².